The average molecular weight is 327 g/mol. The minimum absolute atomic E-state index is 0.125. The van der Waals surface area contributed by atoms with Crippen LogP contribution in [0.1, 0.15) is 31.2 Å². The number of amides is 1. The largest absolute Gasteiger partial charge is 0.473 e. The molecule has 0 spiro atoms. The summed E-state index contributed by atoms with van der Waals surface area (Å²) in [6, 6.07) is 9.79. The monoisotopic (exact) mass is 327 g/mol. The molecule has 0 unspecified atom stereocenters. The van der Waals surface area contributed by atoms with Gasteiger partial charge in [0.2, 0.25) is 5.88 Å². The Balaban J connectivity index is 1.36. The molecule has 1 amide bonds. The van der Waals surface area contributed by atoms with Gasteiger partial charge in [-0.3, -0.25) is 4.98 Å². The first kappa shape index (κ1) is 16.2. The van der Waals surface area contributed by atoms with Gasteiger partial charge in [0.15, 0.2) is 0 Å². The highest BCUT2D eigenvalue weighted by molar-refractivity contribution is 5.67. The molecule has 1 aromatic carbocycles. The summed E-state index contributed by atoms with van der Waals surface area (Å²) in [5.74, 6) is 0.552. The summed E-state index contributed by atoms with van der Waals surface area (Å²) < 4.78 is 11.1. The third-order valence-electron chi connectivity index (χ3n) is 4.04. The van der Waals surface area contributed by atoms with Crippen molar-refractivity contribution in [3.05, 3.63) is 54.5 Å². The molecule has 1 aromatic heterocycles. The maximum Gasteiger partial charge on any atom is 0.407 e. The number of carbonyl (C=O) groups is 1. The molecule has 24 heavy (non-hydrogen) atoms. The maximum atomic E-state index is 11.9. The van der Waals surface area contributed by atoms with E-state index in [1.807, 2.05) is 30.3 Å². The molecular formula is C18H21N3O3. The van der Waals surface area contributed by atoms with Crippen molar-refractivity contribution in [1.82, 2.24) is 15.3 Å². The predicted octanol–water partition coefficient (Wildman–Crippen LogP) is 3.09. The molecular weight excluding hydrogens is 306 g/mol. The number of aromatic nitrogens is 2. The number of hydrogen-bond acceptors (Lipinski definition) is 5. The number of alkyl carbamates (subject to hydrolysis) is 1. The van der Waals surface area contributed by atoms with Crippen LogP contribution in [0.3, 0.4) is 0 Å². The zero-order chi connectivity index (χ0) is 16.6. The van der Waals surface area contributed by atoms with Crippen LogP contribution in [0, 0.1) is 0 Å². The fraction of sp³-hybridized carbons (Fsp3) is 0.389. The van der Waals surface area contributed by atoms with Crippen LogP contribution in [0.15, 0.2) is 48.9 Å². The smallest absolute Gasteiger partial charge is 0.407 e. The molecule has 0 bridgehead atoms. The van der Waals surface area contributed by atoms with Gasteiger partial charge >= 0.3 is 6.09 Å². The van der Waals surface area contributed by atoms with E-state index >= 15 is 0 Å². The van der Waals surface area contributed by atoms with Gasteiger partial charge in [-0.1, -0.05) is 30.3 Å². The number of carbonyl (C=O) groups excluding carboxylic acids is 1. The predicted molar refractivity (Wildman–Crippen MR) is 88.5 cm³/mol. The van der Waals surface area contributed by atoms with Crippen molar-refractivity contribution in [3.8, 4) is 5.88 Å². The van der Waals surface area contributed by atoms with Crippen LogP contribution in [0.2, 0.25) is 0 Å². The van der Waals surface area contributed by atoms with E-state index in [0.717, 1.165) is 31.2 Å². The number of benzene rings is 1. The van der Waals surface area contributed by atoms with Crippen LogP contribution >= 0.6 is 0 Å². The summed E-state index contributed by atoms with van der Waals surface area (Å²) in [6.45, 7) is 0.289. The molecule has 0 saturated heterocycles. The average Bonchev–Trinajstić information content (AvgIpc) is 2.63. The first-order valence-corrected chi connectivity index (χ1v) is 8.19. The number of hydrogen-bond donors (Lipinski definition) is 1. The van der Waals surface area contributed by atoms with Gasteiger partial charge < -0.3 is 14.8 Å². The van der Waals surface area contributed by atoms with Crippen LogP contribution < -0.4 is 10.1 Å². The second kappa shape index (κ2) is 8.29. The Bertz CT molecular complexity index is 628. The van der Waals surface area contributed by atoms with Crippen molar-refractivity contribution in [2.45, 2.75) is 44.4 Å². The van der Waals surface area contributed by atoms with E-state index in [1.165, 1.54) is 0 Å². The number of nitrogens with zero attached hydrogens (tertiary/aromatic N) is 2. The molecule has 1 N–H and O–H groups in total. The Hall–Kier alpha value is -2.63. The number of ether oxygens (including phenoxy) is 2. The summed E-state index contributed by atoms with van der Waals surface area (Å²) >= 11 is 0. The quantitative estimate of drug-likeness (QED) is 0.913. The van der Waals surface area contributed by atoms with Gasteiger partial charge in [0.05, 0.1) is 6.20 Å². The molecule has 0 radical (unpaired) electrons. The van der Waals surface area contributed by atoms with Crippen molar-refractivity contribution in [2.24, 2.45) is 0 Å². The SMILES string of the molecule is O=C(NC1CCC(Oc2cnccn2)CC1)OCc1ccccc1. The first-order chi connectivity index (χ1) is 11.8. The summed E-state index contributed by atoms with van der Waals surface area (Å²) in [5.41, 5.74) is 0.980. The molecule has 1 fully saturated rings. The Morgan fingerprint density at radius 2 is 1.92 bits per heavy atom. The Morgan fingerprint density at radius 1 is 1.12 bits per heavy atom. The Morgan fingerprint density at radius 3 is 2.62 bits per heavy atom. The lowest BCUT2D eigenvalue weighted by molar-refractivity contribution is 0.114. The Kier molecular flexibility index (Phi) is 5.61. The summed E-state index contributed by atoms with van der Waals surface area (Å²) in [4.78, 5) is 20.0. The van der Waals surface area contributed by atoms with Crippen LogP contribution in [0.5, 0.6) is 5.88 Å². The lowest BCUT2D eigenvalue weighted by atomic mass is 9.93. The lowest BCUT2D eigenvalue weighted by Crippen LogP contribution is -2.40. The summed E-state index contributed by atoms with van der Waals surface area (Å²) in [7, 11) is 0. The molecule has 2 aromatic rings. The molecule has 1 heterocycles. The van der Waals surface area contributed by atoms with Crippen LogP contribution in [0.25, 0.3) is 0 Å². The van der Waals surface area contributed by atoms with E-state index in [0.29, 0.717) is 5.88 Å². The molecule has 126 valence electrons. The van der Waals surface area contributed by atoms with Crippen molar-refractivity contribution in [3.63, 3.8) is 0 Å². The van der Waals surface area contributed by atoms with Crippen LogP contribution in [-0.4, -0.2) is 28.2 Å². The topological polar surface area (TPSA) is 73.3 Å². The molecule has 0 atom stereocenters. The van der Waals surface area contributed by atoms with E-state index in [2.05, 4.69) is 15.3 Å². The van der Waals surface area contributed by atoms with Crippen LogP contribution in [0.4, 0.5) is 4.79 Å². The summed E-state index contributed by atoms with van der Waals surface area (Å²) in [5, 5.41) is 2.93. The minimum atomic E-state index is -0.364. The first-order valence-electron chi connectivity index (χ1n) is 8.19. The molecule has 3 rings (SSSR count). The fourth-order valence-corrected chi connectivity index (χ4v) is 2.77. The number of nitrogens with one attached hydrogen (secondary N) is 1. The second-order valence-corrected chi connectivity index (χ2v) is 5.84. The molecule has 0 aliphatic heterocycles. The molecule has 1 aliphatic carbocycles. The van der Waals surface area contributed by atoms with Gasteiger partial charge in [0.1, 0.15) is 12.7 Å². The number of rotatable bonds is 5. The minimum Gasteiger partial charge on any atom is -0.473 e. The van der Waals surface area contributed by atoms with Gasteiger partial charge in [-0.25, -0.2) is 9.78 Å². The third kappa shape index (κ3) is 4.94. The van der Waals surface area contributed by atoms with E-state index < -0.39 is 0 Å². The molecule has 1 aliphatic rings. The molecule has 6 nitrogen and oxygen atoms in total. The normalized spacial score (nSPS) is 20.2. The van der Waals surface area contributed by atoms with Crippen LogP contribution in [-0.2, 0) is 11.3 Å². The van der Waals surface area contributed by atoms with Gasteiger partial charge in [0, 0.05) is 18.4 Å². The van der Waals surface area contributed by atoms with E-state index in [1.54, 1.807) is 18.6 Å². The van der Waals surface area contributed by atoms with E-state index in [9.17, 15) is 4.79 Å². The van der Waals surface area contributed by atoms with Gasteiger partial charge in [0.25, 0.3) is 0 Å². The zero-order valence-corrected chi connectivity index (χ0v) is 13.4. The van der Waals surface area contributed by atoms with Gasteiger partial charge in [-0.15, -0.1) is 0 Å². The Labute approximate surface area is 141 Å². The van der Waals surface area contributed by atoms with Gasteiger partial charge in [-0.05, 0) is 31.2 Å². The molecule has 6 heteroatoms. The second-order valence-electron chi connectivity index (χ2n) is 5.84. The standard InChI is InChI=1S/C18H21N3O3/c22-18(23-13-14-4-2-1-3-5-14)21-15-6-8-16(9-7-15)24-17-12-19-10-11-20-17/h1-5,10-12,15-16H,6-9,13H2,(H,21,22). The summed E-state index contributed by atoms with van der Waals surface area (Å²) in [6.07, 6.45) is 8.10. The molecule has 1 saturated carbocycles. The highest BCUT2D eigenvalue weighted by atomic mass is 16.5. The van der Waals surface area contributed by atoms with Crippen molar-refractivity contribution >= 4 is 6.09 Å². The zero-order valence-electron chi connectivity index (χ0n) is 13.4. The highest BCUT2D eigenvalue weighted by Crippen LogP contribution is 2.22. The van der Waals surface area contributed by atoms with Crippen molar-refractivity contribution in [1.29, 1.82) is 0 Å². The lowest BCUT2D eigenvalue weighted by Gasteiger charge is -2.28. The van der Waals surface area contributed by atoms with Crippen molar-refractivity contribution in [2.75, 3.05) is 0 Å². The van der Waals surface area contributed by atoms with E-state index in [4.69, 9.17) is 9.47 Å². The van der Waals surface area contributed by atoms with E-state index in [-0.39, 0.29) is 24.8 Å². The van der Waals surface area contributed by atoms with Crippen molar-refractivity contribution < 1.29 is 14.3 Å². The third-order valence-corrected chi connectivity index (χ3v) is 4.04. The fourth-order valence-electron chi connectivity index (χ4n) is 2.77. The van der Waals surface area contributed by atoms with Gasteiger partial charge in [-0.2, -0.15) is 0 Å². The maximum absolute atomic E-state index is 11.9. The highest BCUT2D eigenvalue weighted by Gasteiger charge is 2.24.